The fourth-order valence-electron chi connectivity index (χ4n) is 1.31. The van der Waals surface area contributed by atoms with E-state index in [0.29, 0.717) is 0 Å². The molecule has 1 aromatic carbocycles. The van der Waals surface area contributed by atoms with E-state index in [1.54, 1.807) is 23.1 Å². The summed E-state index contributed by atoms with van der Waals surface area (Å²) >= 11 is 3.37. The molecule has 1 aromatic heterocycles. The van der Waals surface area contributed by atoms with E-state index in [2.05, 4.69) is 22.9 Å². The molecule has 0 saturated carbocycles. The van der Waals surface area contributed by atoms with E-state index in [0.717, 1.165) is 15.7 Å². The van der Waals surface area contributed by atoms with E-state index in [-0.39, 0.29) is 6.61 Å². The molecular weight excluding hydrogens is 250 g/mol. The van der Waals surface area contributed by atoms with E-state index in [9.17, 15) is 0 Å². The summed E-state index contributed by atoms with van der Waals surface area (Å²) < 4.78 is 1.08. The summed E-state index contributed by atoms with van der Waals surface area (Å²) in [7, 11) is 0. The van der Waals surface area contributed by atoms with Gasteiger partial charge in [0.25, 0.3) is 0 Å². The van der Waals surface area contributed by atoms with Crippen LogP contribution in [0.2, 0.25) is 0 Å². The van der Waals surface area contributed by atoms with Gasteiger partial charge in [-0.1, -0.05) is 35.7 Å². The van der Waals surface area contributed by atoms with E-state index in [4.69, 9.17) is 5.11 Å². The molecule has 2 nitrogen and oxygen atoms in total. The zero-order chi connectivity index (χ0) is 11.9. The van der Waals surface area contributed by atoms with Crippen LogP contribution in [0.15, 0.2) is 40.2 Å². The summed E-state index contributed by atoms with van der Waals surface area (Å²) in [5.41, 5.74) is 2.16. The Labute approximate surface area is 109 Å². The zero-order valence-electron chi connectivity index (χ0n) is 9.09. The Morgan fingerprint density at radius 3 is 3.12 bits per heavy atom. The van der Waals surface area contributed by atoms with Crippen LogP contribution in [0.1, 0.15) is 11.1 Å². The van der Waals surface area contributed by atoms with E-state index in [1.807, 2.05) is 29.8 Å². The fourth-order valence-corrected chi connectivity index (χ4v) is 2.89. The molecule has 86 valence electrons. The number of aliphatic hydroxyl groups excluding tert-OH is 1. The Morgan fingerprint density at radius 1 is 1.41 bits per heavy atom. The molecule has 0 spiro atoms. The molecule has 0 atom stereocenters. The molecule has 0 radical (unpaired) electrons. The van der Waals surface area contributed by atoms with Crippen molar-refractivity contribution in [2.24, 2.45) is 0 Å². The van der Waals surface area contributed by atoms with Gasteiger partial charge in [0.15, 0.2) is 0 Å². The first-order valence-electron chi connectivity index (χ1n) is 5.09. The second-order valence-electron chi connectivity index (χ2n) is 3.25. The van der Waals surface area contributed by atoms with Crippen LogP contribution >= 0.6 is 23.1 Å². The lowest BCUT2D eigenvalue weighted by Crippen LogP contribution is -1.83. The molecule has 0 amide bonds. The van der Waals surface area contributed by atoms with Gasteiger partial charge in [-0.05, 0) is 17.7 Å². The molecule has 0 fully saturated rings. The van der Waals surface area contributed by atoms with Crippen molar-refractivity contribution in [2.45, 2.75) is 10.1 Å². The van der Waals surface area contributed by atoms with Crippen LogP contribution in [-0.2, 0) is 5.75 Å². The Hall–Kier alpha value is -1.28. The maximum atomic E-state index is 8.64. The topological polar surface area (TPSA) is 33.1 Å². The average Bonchev–Trinajstić information content (AvgIpc) is 2.87. The van der Waals surface area contributed by atoms with Gasteiger partial charge in [-0.15, -0.1) is 11.3 Å². The maximum Gasteiger partial charge on any atom is 0.150 e. The highest BCUT2D eigenvalue weighted by Gasteiger charge is 1.98. The largest absolute Gasteiger partial charge is 0.384 e. The van der Waals surface area contributed by atoms with Crippen LogP contribution in [0.25, 0.3) is 0 Å². The van der Waals surface area contributed by atoms with Crippen LogP contribution < -0.4 is 0 Å². The normalized spacial score (nSPS) is 9.71. The minimum Gasteiger partial charge on any atom is -0.384 e. The van der Waals surface area contributed by atoms with Crippen molar-refractivity contribution >= 4 is 23.1 Å². The summed E-state index contributed by atoms with van der Waals surface area (Å²) in [6, 6.07) is 8.05. The van der Waals surface area contributed by atoms with Gasteiger partial charge < -0.3 is 5.11 Å². The summed E-state index contributed by atoms with van der Waals surface area (Å²) in [5, 5.41) is 10.6. The lowest BCUT2D eigenvalue weighted by Gasteiger charge is -1.99. The predicted octanol–water partition coefficient (Wildman–Crippen LogP) is 2.78. The van der Waals surface area contributed by atoms with E-state index < -0.39 is 0 Å². The summed E-state index contributed by atoms with van der Waals surface area (Å²) in [5.74, 6) is 6.45. The van der Waals surface area contributed by atoms with Crippen molar-refractivity contribution in [3.05, 3.63) is 47.0 Å². The quantitative estimate of drug-likeness (QED) is 0.681. The number of benzene rings is 1. The van der Waals surface area contributed by atoms with Gasteiger partial charge in [0, 0.05) is 22.9 Å². The standard InChI is InChI=1S/C13H11NOS2/c15-7-2-5-11-3-1-4-12(9-11)10-17-13-14-6-8-16-13/h1,3-4,6,8-9,15H,7,10H2. The van der Waals surface area contributed by atoms with Gasteiger partial charge in [0.1, 0.15) is 10.9 Å². The van der Waals surface area contributed by atoms with Crippen LogP contribution in [0, 0.1) is 11.8 Å². The molecule has 1 heterocycles. The average molecular weight is 261 g/mol. The summed E-state index contributed by atoms with van der Waals surface area (Å²) in [4.78, 5) is 4.22. The molecule has 0 aliphatic carbocycles. The van der Waals surface area contributed by atoms with Crippen molar-refractivity contribution in [2.75, 3.05) is 6.61 Å². The first-order valence-corrected chi connectivity index (χ1v) is 6.96. The second kappa shape index (κ2) is 6.45. The molecule has 1 N–H and O–H groups in total. The number of aromatic nitrogens is 1. The predicted molar refractivity (Wildman–Crippen MR) is 72.1 cm³/mol. The van der Waals surface area contributed by atoms with Crippen LogP contribution in [0.4, 0.5) is 0 Å². The molecule has 0 unspecified atom stereocenters. The molecule has 0 aliphatic heterocycles. The Kier molecular flexibility index (Phi) is 4.63. The highest BCUT2D eigenvalue weighted by Crippen LogP contribution is 2.24. The van der Waals surface area contributed by atoms with E-state index >= 15 is 0 Å². The minimum atomic E-state index is -0.0991. The van der Waals surface area contributed by atoms with Crippen molar-refractivity contribution in [1.29, 1.82) is 0 Å². The maximum absolute atomic E-state index is 8.64. The van der Waals surface area contributed by atoms with Crippen LogP contribution in [0.5, 0.6) is 0 Å². The van der Waals surface area contributed by atoms with Crippen LogP contribution in [0.3, 0.4) is 0 Å². The smallest absolute Gasteiger partial charge is 0.150 e. The molecule has 4 heteroatoms. The van der Waals surface area contributed by atoms with Gasteiger partial charge in [0.2, 0.25) is 0 Å². The monoisotopic (exact) mass is 261 g/mol. The van der Waals surface area contributed by atoms with Gasteiger partial charge in [-0.2, -0.15) is 0 Å². The third-order valence-corrected chi connectivity index (χ3v) is 4.05. The molecule has 0 aliphatic rings. The number of rotatable bonds is 3. The third kappa shape index (κ3) is 3.90. The van der Waals surface area contributed by atoms with Gasteiger partial charge in [-0.25, -0.2) is 4.98 Å². The number of aliphatic hydroxyl groups is 1. The first-order chi connectivity index (χ1) is 8.38. The highest BCUT2D eigenvalue weighted by atomic mass is 32.2. The SMILES string of the molecule is OCC#Cc1cccc(CSc2nccs2)c1. The zero-order valence-corrected chi connectivity index (χ0v) is 10.7. The minimum absolute atomic E-state index is 0.0991. The fraction of sp³-hybridized carbons (Fsp3) is 0.154. The van der Waals surface area contributed by atoms with Crippen molar-refractivity contribution in [1.82, 2.24) is 4.98 Å². The first kappa shape index (κ1) is 12.2. The van der Waals surface area contributed by atoms with Crippen molar-refractivity contribution < 1.29 is 5.11 Å². The molecule has 2 rings (SSSR count). The highest BCUT2D eigenvalue weighted by molar-refractivity contribution is 8.00. The number of nitrogens with zero attached hydrogens (tertiary/aromatic N) is 1. The molecule has 17 heavy (non-hydrogen) atoms. The Morgan fingerprint density at radius 2 is 2.35 bits per heavy atom. The lowest BCUT2D eigenvalue weighted by atomic mass is 10.1. The van der Waals surface area contributed by atoms with Crippen molar-refractivity contribution in [3.8, 4) is 11.8 Å². The number of hydrogen-bond donors (Lipinski definition) is 1. The molecule has 0 bridgehead atoms. The molecular formula is C13H11NOS2. The Balaban J connectivity index is 2.01. The van der Waals surface area contributed by atoms with Crippen molar-refractivity contribution in [3.63, 3.8) is 0 Å². The van der Waals surface area contributed by atoms with Gasteiger partial charge >= 0.3 is 0 Å². The Bertz CT molecular complexity index is 526. The lowest BCUT2D eigenvalue weighted by molar-refractivity contribution is 0.350. The number of thioether (sulfide) groups is 1. The molecule has 0 saturated heterocycles. The molecule has 2 aromatic rings. The van der Waals surface area contributed by atoms with Gasteiger partial charge in [0.05, 0.1) is 0 Å². The van der Waals surface area contributed by atoms with E-state index in [1.165, 1.54) is 5.56 Å². The van der Waals surface area contributed by atoms with Gasteiger partial charge in [-0.3, -0.25) is 0 Å². The summed E-state index contributed by atoms with van der Waals surface area (Å²) in [6.07, 6.45) is 1.82. The van der Waals surface area contributed by atoms with Crippen LogP contribution in [-0.4, -0.2) is 16.7 Å². The number of thiazole rings is 1. The third-order valence-electron chi connectivity index (χ3n) is 2.01. The number of hydrogen-bond acceptors (Lipinski definition) is 4. The second-order valence-corrected chi connectivity index (χ2v) is 5.36. The summed E-state index contributed by atoms with van der Waals surface area (Å²) in [6.45, 7) is -0.0991.